The highest BCUT2D eigenvalue weighted by molar-refractivity contribution is 7.80. The van der Waals surface area contributed by atoms with Crippen molar-refractivity contribution in [1.82, 2.24) is 20.4 Å². The molecule has 2 aliphatic heterocycles. The Kier molecular flexibility index (Phi) is 5.30. The number of nitrogens with zero attached hydrogens (tertiary/aromatic N) is 3. The van der Waals surface area contributed by atoms with Crippen molar-refractivity contribution in [2.24, 2.45) is 0 Å². The number of hydrogen-bond acceptors (Lipinski definition) is 6. The van der Waals surface area contributed by atoms with Gasteiger partial charge in [0.1, 0.15) is 6.04 Å². The first kappa shape index (κ1) is 18.4. The van der Waals surface area contributed by atoms with Crippen LogP contribution < -0.4 is 5.43 Å². The van der Waals surface area contributed by atoms with Gasteiger partial charge in [0, 0.05) is 20.0 Å². The molecule has 0 radical (unpaired) electrons. The second-order valence-corrected chi connectivity index (χ2v) is 6.69. The molecule has 0 saturated carbocycles. The Morgan fingerprint density at radius 2 is 2.08 bits per heavy atom. The molecule has 2 fully saturated rings. The van der Waals surface area contributed by atoms with Gasteiger partial charge in [-0.2, -0.15) is 13.5 Å². The van der Waals surface area contributed by atoms with E-state index in [1.807, 2.05) is 6.92 Å². The van der Waals surface area contributed by atoms with Gasteiger partial charge in [-0.1, -0.05) is 6.92 Å². The Morgan fingerprint density at radius 1 is 1.42 bits per heavy atom. The first-order valence-electron chi connectivity index (χ1n) is 7.48. The summed E-state index contributed by atoms with van der Waals surface area (Å²) in [5.41, 5.74) is 2.42. The fourth-order valence-corrected chi connectivity index (χ4v) is 3.18. The molecule has 4 amide bonds. The molecular weight excluding hydrogens is 344 g/mol. The van der Waals surface area contributed by atoms with Crippen LogP contribution in [0, 0.1) is 0 Å². The number of carbonyl (C=O) groups excluding carboxylic acids is 3. The molecule has 0 aromatic carbocycles. The van der Waals surface area contributed by atoms with Crippen LogP contribution in [0.4, 0.5) is 4.79 Å². The van der Waals surface area contributed by atoms with Crippen LogP contribution in [0.3, 0.4) is 0 Å². The number of fused-ring (bicyclic) bond motifs is 2. The Morgan fingerprint density at radius 3 is 2.67 bits per heavy atom. The minimum Gasteiger partial charge on any atom is -0.309 e. The second-order valence-electron chi connectivity index (χ2n) is 5.69. The molecule has 0 aromatic rings. The molecule has 0 spiro atoms. The SMILES string of the molecule is CCCC(=O)N(C)NC(=O)[C@@H]1CCC2CN1C(=O)N2OS(=O)(=O)O. The number of piperidine rings is 1. The van der Waals surface area contributed by atoms with Crippen LogP contribution in [0.15, 0.2) is 0 Å². The summed E-state index contributed by atoms with van der Waals surface area (Å²) in [5.74, 6) is -0.800. The molecular formula is C12H20N4O7S. The summed E-state index contributed by atoms with van der Waals surface area (Å²) in [7, 11) is -3.41. The number of carbonyl (C=O) groups is 3. The largest absolute Gasteiger partial charge is 0.418 e. The molecule has 2 saturated heterocycles. The number of rotatable bonds is 5. The average molecular weight is 364 g/mol. The molecule has 24 heavy (non-hydrogen) atoms. The van der Waals surface area contributed by atoms with Crippen molar-refractivity contribution in [3.63, 3.8) is 0 Å². The van der Waals surface area contributed by atoms with Crippen LogP contribution >= 0.6 is 0 Å². The third-order valence-corrected chi connectivity index (χ3v) is 4.26. The van der Waals surface area contributed by atoms with Gasteiger partial charge in [-0.3, -0.25) is 24.6 Å². The maximum absolute atomic E-state index is 12.3. The van der Waals surface area contributed by atoms with Crippen LogP contribution in [0.25, 0.3) is 0 Å². The van der Waals surface area contributed by atoms with Gasteiger partial charge < -0.3 is 4.90 Å². The Bertz CT molecular complexity index is 637. The molecule has 136 valence electrons. The van der Waals surface area contributed by atoms with Crippen LogP contribution in [0.1, 0.15) is 32.6 Å². The van der Waals surface area contributed by atoms with Crippen LogP contribution in [0.2, 0.25) is 0 Å². The summed E-state index contributed by atoms with van der Waals surface area (Å²) < 4.78 is 34.6. The van der Waals surface area contributed by atoms with Gasteiger partial charge in [0.2, 0.25) is 5.91 Å². The van der Waals surface area contributed by atoms with E-state index in [0.717, 1.165) is 9.91 Å². The molecule has 2 aliphatic rings. The van der Waals surface area contributed by atoms with E-state index in [9.17, 15) is 22.8 Å². The maximum Gasteiger partial charge on any atom is 0.418 e. The van der Waals surface area contributed by atoms with Crippen LogP contribution in [-0.2, 0) is 24.3 Å². The fraction of sp³-hybridized carbons (Fsp3) is 0.750. The molecule has 2 atom stereocenters. The van der Waals surface area contributed by atoms with E-state index in [4.69, 9.17) is 4.55 Å². The van der Waals surface area contributed by atoms with E-state index in [-0.39, 0.29) is 25.3 Å². The molecule has 1 unspecified atom stereocenters. The minimum absolute atomic E-state index is 0.0963. The van der Waals surface area contributed by atoms with E-state index in [0.29, 0.717) is 17.9 Å². The number of hydrogen-bond donors (Lipinski definition) is 2. The van der Waals surface area contributed by atoms with Crippen molar-refractivity contribution in [3.05, 3.63) is 0 Å². The molecule has 12 heteroatoms. The third-order valence-electron chi connectivity index (χ3n) is 3.92. The van der Waals surface area contributed by atoms with Gasteiger partial charge in [-0.05, 0) is 19.3 Å². The topological polar surface area (TPSA) is 137 Å². The van der Waals surface area contributed by atoms with Crippen molar-refractivity contribution < 1.29 is 31.6 Å². The first-order valence-corrected chi connectivity index (χ1v) is 8.84. The normalized spacial score (nSPS) is 23.4. The van der Waals surface area contributed by atoms with Crippen molar-refractivity contribution in [1.29, 1.82) is 0 Å². The maximum atomic E-state index is 12.3. The van der Waals surface area contributed by atoms with Gasteiger partial charge in [-0.15, -0.1) is 4.28 Å². The van der Waals surface area contributed by atoms with Crippen molar-refractivity contribution >= 4 is 28.2 Å². The molecule has 2 heterocycles. The zero-order chi connectivity index (χ0) is 18.1. The fourth-order valence-electron chi connectivity index (χ4n) is 2.79. The third kappa shape index (κ3) is 3.94. The molecule has 2 N–H and O–H groups in total. The first-order chi connectivity index (χ1) is 11.1. The number of amides is 4. The minimum atomic E-state index is -4.83. The van der Waals surface area contributed by atoms with Gasteiger partial charge >= 0.3 is 16.4 Å². The van der Waals surface area contributed by atoms with E-state index in [1.165, 1.54) is 7.05 Å². The summed E-state index contributed by atoms with van der Waals surface area (Å²) in [5, 5.41) is 1.64. The van der Waals surface area contributed by atoms with E-state index in [2.05, 4.69) is 9.71 Å². The molecule has 0 aliphatic carbocycles. The number of urea groups is 1. The Hall–Kier alpha value is -1.92. The summed E-state index contributed by atoms with van der Waals surface area (Å²) in [6, 6.07) is -2.23. The van der Waals surface area contributed by atoms with Crippen molar-refractivity contribution in [2.75, 3.05) is 13.6 Å². The summed E-state index contributed by atoms with van der Waals surface area (Å²) in [4.78, 5) is 37.4. The number of hydrazine groups is 1. The smallest absolute Gasteiger partial charge is 0.309 e. The highest BCUT2D eigenvalue weighted by Crippen LogP contribution is 2.30. The lowest BCUT2D eigenvalue weighted by Crippen LogP contribution is -2.54. The predicted molar refractivity (Wildman–Crippen MR) is 79.2 cm³/mol. The zero-order valence-electron chi connectivity index (χ0n) is 13.3. The van der Waals surface area contributed by atoms with Gasteiger partial charge in [0.05, 0.1) is 6.04 Å². The lowest BCUT2D eigenvalue weighted by Gasteiger charge is -2.30. The predicted octanol–water partition coefficient (Wildman–Crippen LogP) is -0.721. The number of nitrogens with one attached hydrogen (secondary N) is 1. The Balaban J connectivity index is 2.03. The van der Waals surface area contributed by atoms with Gasteiger partial charge in [0.25, 0.3) is 5.91 Å². The lowest BCUT2D eigenvalue weighted by atomic mass is 10.0. The monoisotopic (exact) mass is 364 g/mol. The second kappa shape index (κ2) is 6.91. The summed E-state index contributed by atoms with van der Waals surface area (Å²) in [6.07, 6.45) is 1.52. The van der Waals surface area contributed by atoms with Crippen molar-refractivity contribution in [2.45, 2.75) is 44.7 Å². The Labute approximate surface area is 139 Å². The van der Waals surface area contributed by atoms with Crippen LogP contribution in [0.5, 0.6) is 0 Å². The molecule has 2 bridgehead atoms. The molecule has 2 rings (SSSR count). The summed E-state index contributed by atoms with van der Waals surface area (Å²) in [6.45, 7) is 1.93. The van der Waals surface area contributed by atoms with E-state index in [1.54, 1.807) is 0 Å². The molecule has 0 aromatic heterocycles. The highest BCUT2D eigenvalue weighted by Gasteiger charge is 2.49. The standard InChI is InChI=1S/C12H20N4O7S/c1-3-4-10(17)14(2)13-11(18)9-6-5-8-7-15(9)12(19)16(8)23-24(20,21)22/h8-9H,3-7H2,1-2H3,(H,13,18)(H,20,21,22)/t8?,9-/m0/s1. The van der Waals surface area contributed by atoms with Gasteiger partial charge in [0.15, 0.2) is 0 Å². The zero-order valence-corrected chi connectivity index (χ0v) is 14.2. The lowest BCUT2D eigenvalue weighted by molar-refractivity contribution is -0.142. The van der Waals surface area contributed by atoms with Crippen LogP contribution in [-0.4, -0.2) is 71.5 Å². The van der Waals surface area contributed by atoms with Gasteiger partial charge in [-0.25, -0.2) is 4.79 Å². The highest BCUT2D eigenvalue weighted by atomic mass is 32.3. The number of hydroxylamine groups is 2. The molecule has 11 nitrogen and oxygen atoms in total. The van der Waals surface area contributed by atoms with E-state index >= 15 is 0 Å². The van der Waals surface area contributed by atoms with Crippen molar-refractivity contribution in [3.8, 4) is 0 Å². The average Bonchev–Trinajstić information content (AvgIpc) is 2.71. The van der Waals surface area contributed by atoms with E-state index < -0.39 is 34.4 Å². The summed E-state index contributed by atoms with van der Waals surface area (Å²) >= 11 is 0. The quantitative estimate of drug-likeness (QED) is 0.485.